The molecule has 0 aliphatic rings. The molecule has 0 radical (unpaired) electrons. The summed E-state index contributed by atoms with van der Waals surface area (Å²) in [5.74, 6) is 1.91. The Hall–Kier alpha value is -1.59. The van der Waals surface area contributed by atoms with Crippen LogP contribution in [0.2, 0.25) is 0 Å². The largest absolute Gasteiger partial charge is 0.233 e. The third-order valence-corrected chi connectivity index (χ3v) is 1.59. The van der Waals surface area contributed by atoms with Crippen LogP contribution in [-0.2, 0) is 4.79 Å². The Morgan fingerprint density at radius 3 is 2.58 bits per heavy atom. The number of carbonyl (C=O) groups excluding carboxylic acids is 1. The summed E-state index contributed by atoms with van der Waals surface area (Å²) < 4.78 is 0. The number of hydrogen-bond acceptors (Lipinski definition) is 1. The van der Waals surface area contributed by atoms with Crippen molar-refractivity contribution in [2.75, 3.05) is 0 Å². The lowest BCUT2D eigenvalue weighted by molar-refractivity contribution is 0.569. The first kappa shape index (κ1) is 8.51. The van der Waals surface area contributed by atoms with Gasteiger partial charge in [-0.3, -0.25) is 0 Å². The van der Waals surface area contributed by atoms with Crippen LogP contribution in [0.15, 0.2) is 43.0 Å². The molecule has 0 fully saturated rings. The fourth-order valence-corrected chi connectivity index (χ4v) is 1.00. The van der Waals surface area contributed by atoms with Gasteiger partial charge in [0.05, 0.1) is 0 Å². The van der Waals surface area contributed by atoms with Crippen LogP contribution in [0, 0.1) is 0 Å². The minimum atomic E-state index is 0.577. The van der Waals surface area contributed by atoms with E-state index in [-0.39, 0.29) is 0 Å². The summed E-state index contributed by atoms with van der Waals surface area (Å²) in [6.07, 6.45) is 2.28. The van der Waals surface area contributed by atoms with E-state index in [2.05, 4.69) is 6.58 Å². The number of hydrogen-bond donors (Lipinski definition) is 0. The summed E-state index contributed by atoms with van der Waals surface area (Å²) in [5, 5.41) is 0. The van der Waals surface area contributed by atoms with Crippen molar-refractivity contribution in [1.82, 2.24) is 0 Å². The molecule has 12 heavy (non-hydrogen) atoms. The average molecular weight is 158 g/mol. The van der Waals surface area contributed by atoms with Crippen LogP contribution in [0.1, 0.15) is 12.0 Å². The normalized spacial score (nSPS) is 8.67. The second kappa shape index (κ2) is 4.32. The SMILES string of the molecule is C=CCC(=C=O)c1ccccc1. The molecule has 0 aromatic heterocycles. The van der Waals surface area contributed by atoms with Crippen LogP contribution in [0.4, 0.5) is 0 Å². The standard InChI is InChI=1S/C11H10O/c1-2-6-11(9-12)10-7-4-3-5-8-10/h2-5,7-8H,1,6H2. The first-order valence-electron chi connectivity index (χ1n) is 3.78. The Balaban J connectivity index is 2.96. The van der Waals surface area contributed by atoms with Gasteiger partial charge in [0.2, 0.25) is 0 Å². The molecule has 0 aliphatic heterocycles. The fraction of sp³-hybridized carbons (Fsp3) is 0.0909. The molecule has 0 heterocycles. The van der Waals surface area contributed by atoms with Crippen LogP contribution in [0.5, 0.6) is 0 Å². The molecule has 1 aromatic rings. The van der Waals surface area contributed by atoms with Crippen molar-refractivity contribution < 1.29 is 4.79 Å². The first-order valence-corrected chi connectivity index (χ1v) is 3.78. The molecule has 1 nitrogen and oxygen atoms in total. The van der Waals surface area contributed by atoms with Crippen LogP contribution < -0.4 is 0 Å². The highest BCUT2D eigenvalue weighted by atomic mass is 16.1. The molecule has 0 spiro atoms. The molecule has 0 bridgehead atoms. The van der Waals surface area contributed by atoms with Crippen molar-refractivity contribution in [1.29, 1.82) is 0 Å². The molecule has 0 unspecified atom stereocenters. The van der Waals surface area contributed by atoms with E-state index in [9.17, 15) is 4.79 Å². The van der Waals surface area contributed by atoms with E-state index in [0.717, 1.165) is 5.56 Å². The molecule has 1 rings (SSSR count). The number of allylic oxidation sites excluding steroid dienone is 2. The first-order chi connectivity index (χ1) is 5.88. The van der Waals surface area contributed by atoms with Gasteiger partial charge < -0.3 is 0 Å². The Morgan fingerprint density at radius 1 is 1.42 bits per heavy atom. The topological polar surface area (TPSA) is 17.1 Å². The van der Waals surface area contributed by atoms with Crippen LogP contribution in [0.3, 0.4) is 0 Å². The summed E-state index contributed by atoms with van der Waals surface area (Å²) in [6, 6.07) is 9.50. The maximum atomic E-state index is 10.5. The molecule has 60 valence electrons. The molecule has 1 aromatic carbocycles. The maximum Gasteiger partial charge on any atom is 0.128 e. The van der Waals surface area contributed by atoms with Crippen LogP contribution in [0.25, 0.3) is 5.57 Å². The van der Waals surface area contributed by atoms with Gasteiger partial charge >= 0.3 is 0 Å². The van der Waals surface area contributed by atoms with Crippen LogP contribution in [-0.4, -0.2) is 5.94 Å². The van der Waals surface area contributed by atoms with Gasteiger partial charge in [-0.1, -0.05) is 36.4 Å². The van der Waals surface area contributed by atoms with E-state index in [4.69, 9.17) is 0 Å². The zero-order valence-corrected chi connectivity index (χ0v) is 6.79. The minimum Gasteiger partial charge on any atom is -0.233 e. The molecule has 0 amide bonds. The molecular formula is C11H10O. The van der Waals surface area contributed by atoms with Crippen LogP contribution >= 0.6 is 0 Å². The molecule has 0 saturated carbocycles. The summed E-state index contributed by atoms with van der Waals surface area (Å²) in [4.78, 5) is 10.5. The highest BCUT2D eigenvalue weighted by Gasteiger charge is 1.97. The van der Waals surface area contributed by atoms with Gasteiger partial charge in [-0.15, -0.1) is 6.58 Å². The van der Waals surface area contributed by atoms with Crippen molar-refractivity contribution in [2.45, 2.75) is 6.42 Å². The highest BCUT2D eigenvalue weighted by molar-refractivity contribution is 5.87. The Kier molecular flexibility index (Phi) is 3.06. The minimum absolute atomic E-state index is 0.577. The van der Waals surface area contributed by atoms with E-state index in [1.54, 1.807) is 6.08 Å². The number of benzene rings is 1. The quantitative estimate of drug-likeness (QED) is 0.488. The lowest BCUT2D eigenvalue weighted by Gasteiger charge is -1.97. The van der Waals surface area contributed by atoms with Gasteiger partial charge in [-0.2, -0.15) is 0 Å². The van der Waals surface area contributed by atoms with Crippen molar-refractivity contribution >= 4 is 11.5 Å². The van der Waals surface area contributed by atoms with E-state index >= 15 is 0 Å². The van der Waals surface area contributed by atoms with Crippen molar-refractivity contribution in [2.24, 2.45) is 0 Å². The molecule has 1 heteroatoms. The van der Waals surface area contributed by atoms with Gasteiger partial charge in [0.15, 0.2) is 0 Å². The summed E-state index contributed by atoms with van der Waals surface area (Å²) in [5.41, 5.74) is 1.58. The van der Waals surface area contributed by atoms with E-state index < -0.39 is 0 Å². The van der Waals surface area contributed by atoms with Gasteiger partial charge in [0.25, 0.3) is 0 Å². The molecular weight excluding hydrogens is 148 g/mol. The molecule has 0 aliphatic carbocycles. The molecule has 0 saturated heterocycles. The Bertz CT molecular complexity index is 305. The predicted molar refractivity (Wildman–Crippen MR) is 50.4 cm³/mol. The zero-order valence-electron chi connectivity index (χ0n) is 6.79. The Labute approximate surface area is 72.0 Å². The predicted octanol–water partition coefficient (Wildman–Crippen LogP) is 2.48. The zero-order chi connectivity index (χ0) is 8.81. The maximum absolute atomic E-state index is 10.5. The third kappa shape index (κ3) is 1.94. The summed E-state index contributed by atoms with van der Waals surface area (Å²) in [6.45, 7) is 3.57. The smallest absolute Gasteiger partial charge is 0.128 e. The van der Waals surface area contributed by atoms with Crippen molar-refractivity contribution in [3.8, 4) is 0 Å². The average Bonchev–Trinajstić information content (AvgIpc) is 2.15. The van der Waals surface area contributed by atoms with Crippen molar-refractivity contribution in [3.63, 3.8) is 0 Å². The van der Waals surface area contributed by atoms with E-state index in [0.29, 0.717) is 12.0 Å². The summed E-state index contributed by atoms with van der Waals surface area (Å²) in [7, 11) is 0. The Morgan fingerprint density at radius 2 is 2.08 bits per heavy atom. The van der Waals surface area contributed by atoms with Gasteiger partial charge in [0.1, 0.15) is 5.94 Å². The van der Waals surface area contributed by atoms with Gasteiger partial charge in [-0.05, 0) is 5.56 Å². The lowest BCUT2D eigenvalue weighted by Crippen LogP contribution is -1.82. The monoisotopic (exact) mass is 158 g/mol. The number of rotatable bonds is 3. The van der Waals surface area contributed by atoms with Gasteiger partial charge in [0, 0.05) is 12.0 Å². The molecule has 0 N–H and O–H groups in total. The second-order valence-electron chi connectivity index (χ2n) is 2.44. The second-order valence-corrected chi connectivity index (χ2v) is 2.44. The highest BCUT2D eigenvalue weighted by Crippen LogP contribution is 2.14. The molecule has 0 atom stereocenters. The summed E-state index contributed by atoms with van der Waals surface area (Å²) >= 11 is 0. The fourth-order valence-electron chi connectivity index (χ4n) is 1.00. The van der Waals surface area contributed by atoms with Crippen molar-refractivity contribution in [3.05, 3.63) is 48.6 Å². The lowest BCUT2D eigenvalue weighted by atomic mass is 10.1. The van der Waals surface area contributed by atoms with E-state index in [1.807, 2.05) is 36.3 Å². The van der Waals surface area contributed by atoms with Gasteiger partial charge in [-0.25, -0.2) is 4.79 Å². The van der Waals surface area contributed by atoms with E-state index in [1.165, 1.54) is 0 Å². The third-order valence-electron chi connectivity index (χ3n) is 1.59.